The van der Waals surface area contributed by atoms with Crippen LogP contribution in [0.15, 0.2) is 47.1 Å². The van der Waals surface area contributed by atoms with Crippen molar-refractivity contribution in [2.45, 2.75) is 31.7 Å². The predicted octanol–water partition coefficient (Wildman–Crippen LogP) is 4.01. The first-order chi connectivity index (χ1) is 15.1. The van der Waals surface area contributed by atoms with Crippen LogP contribution >= 0.6 is 11.8 Å². The second-order valence-electron chi connectivity index (χ2n) is 8.01. The number of fused-ring (bicyclic) bond motifs is 2. The molecule has 6 nitrogen and oxygen atoms in total. The van der Waals surface area contributed by atoms with Crippen LogP contribution < -0.4 is 10.1 Å². The van der Waals surface area contributed by atoms with Crippen LogP contribution in [0.25, 0.3) is 11.0 Å². The van der Waals surface area contributed by atoms with Crippen LogP contribution in [-0.2, 0) is 28.9 Å². The molecule has 0 saturated carbocycles. The summed E-state index contributed by atoms with van der Waals surface area (Å²) in [7, 11) is 1.60. The number of furan rings is 1. The molecule has 2 amide bonds. The number of ether oxygens (including phenoxy) is 1. The minimum Gasteiger partial charge on any atom is -0.497 e. The van der Waals surface area contributed by atoms with Crippen LogP contribution in [0.3, 0.4) is 0 Å². The Morgan fingerprint density at radius 2 is 1.97 bits per heavy atom. The van der Waals surface area contributed by atoms with E-state index < -0.39 is 6.04 Å². The van der Waals surface area contributed by atoms with Crippen molar-refractivity contribution in [2.75, 3.05) is 24.1 Å². The SMILES string of the molecule is COc1ccc(NC(=O)C2CSCN2C(=O)Cc2coc3cc4c(cc23)CCC4)cc1. The van der Waals surface area contributed by atoms with Crippen LogP contribution in [-0.4, -0.2) is 41.5 Å². The predicted molar refractivity (Wildman–Crippen MR) is 122 cm³/mol. The molecule has 3 aromatic rings. The van der Waals surface area contributed by atoms with E-state index in [9.17, 15) is 9.59 Å². The van der Waals surface area contributed by atoms with Crippen LogP contribution in [0, 0.1) is 0 Å². The third-order valence-electron chi connectivity index (χ3n) is 6.07. The molecule has 2 aliphatic rings. The van der Waals surface area contributed by atoms with E-state index in [1.807, 2.05) is 0 Å². The summed E-state index contributed by atoms with van der Waals surface area (Å²) in [6.45, 7) is 0. The van der Waals surface area contributed by atoms with Gasteiger partial charge in [-0.05, 0) is 66.8 Å². The summed E-state index contributed by atoms with van der Waals surface area (Å²) in [5.74, 6) is 1.61. The Bertz CT molecular complexity index is 1140. The number of methoxy groups -OCH3 is 1. The van der Waals surface area contributed by atoms with Gasteiger partial charge in [0.1, 0.15) is 17.4 Å². The van der Waals surface area contributed by atoms with Gasteiger partial charge in [0.2, 0.25) is 11.8 Å². The number of benzene rings is 2. The molecule has 1 aliphatic carbocycles. The second kappa shape index (κ2) is 8.30. The fraction of sp³-hybridized carbons (Fsp3) is 0.333. The van der Waals surface area contributed by atoms with Crippen molar-refractivity contribution in [2.24, 2.45) is 0 Å². The lowest BCUT2D eigenvalue weighted by atomic mass is 10.0. The largest absolute Gasteiger partial charge is 0.497 e. The zero-order chi connectivity index (χ0) is 21.4. The third-order valence-corrected chi connectivity index (χ3v) is 7.08. The maximum atomic E-state index is 13.1. The van der Waals surface area contributed by atoms with Gasteiger partial charge >= 0.3 is 0 Å². The molecule has 1 fully saturated rings. The average molecular weight is 437 g/mol. The van der Waals surface area contributed by atoms with Gasteiger partial charge in [-0.15, -0.1) is 11.8 Å². The second-order valence-corrected chi connectivity index (χ2v) is 9.01. The fourth-order valence-electron chi connectivity index (χ4n) is 4.35. The molecule has 1 saturated heterocycles. The van der Waals surface area contributed by atoms with Gasteiger partial charge in [-0.1, -0.05) is 0 Å². The number of rotatable bonds is 5. The molecule has 1 N–H and O–H groups in total. The minimum atomic E-state index is -0.484. The number of carbonyl (C=O) groups excluding carboxylic acids is 2. The van der Waals surface area contributed by atoms with Gasteiger partial charge in [-0.2, -0.15) is 0 Å². The number of hydrogen-bond donors (Lipinski definition) is 1. The first kappa shape index (κ1) is 20.0. The fourth-order valence-corrected chi connectivity index (χ4v) is 5.54. The topological polar surface area (TPSA) is 71.8 Å². The van der Waals surface area contributed by atoms with Crippen LogP contribution in [0.5, 0.6) is 5.75 Å². The van der Waals surface area contributed by atoms with E-state index in [1.165, 1.54) is 17.5 Å². The van der Waals surface area contributed by atoms with Crippen molar-refractivity contribution in [1.82, 2.24) is 4.90 Å². The molecule has 0 radical (unpaired) electrons. The van der Waals surface area contributed by atoms with E-state index in [2.05, 4.69) is 17.4 Å². The van der Waals surface area contributed by atoms with Crippen LogP contribution in [0.2, 0.25) is 0 Å². The molecule has 0 bridgehead atoms. The Morgan fingerprint density at radius 1 is 1.19 bits per heavy atom. The van der Waals surface area contributed by atoms with Gasteiger partial charge in [0.25, 0.3) is 0 Å². The third kappa shape index (κ3) is 3.90. The number of aryl methyl sites for hydroxylation is 2. The lowest BCUT2D eigenvalue weighted by Crippen LogP contribution is -2.45. The number of hydrogen-bond acceptors (Lipinski definition) is 5. The standard InChI is InChI=1S/C24H24N2O4S/c1-29-19-7-5-18(6-8-19)25-24(28)21-13-31-14-26(21)23(27)11-17-12-30-22-10-16-4-2-3-15(16)9-20(17)22/h5-10,12,21H,2-4,11,13-14H2,1H3,(H,25,28). The van der Waals surface area contributed by atoms with E-state index in [1.54, 1.807) is 54.3 Å². The van der Waals surface area contributed by atoms with Crippen molar-refractivity contribution in [3.63, 3.8) is 0 Å². The van der Waals surface area contributed by atoms with E-state index in [4.69, 9.17) is 9.15 Å². The van der Waals surface area contributed by atoms with E-state index in [0.29, 0.717) is 17.3 Å². The number of nitrogens with one attached hydrogen (secondary N) is 1. The maximum absolute atomic E-state index is 13.1. The number of nitrogens with zero attached hydrogens (tertiary/aromatic N) is 1. The molecule has 1 aliphatic heterocycles. The lowest BCUT2D eigenvalue weighted by Gasteiger charge is -2.23. The normalized spacial score (nSPS) is 17.7. The smallest absolute Gasteiger partial charge is 0.248 e. The maximum Gasteiger partial charge on any atom is 0.248 e. The van der Waals surface area contributed by atoms with Gasteiger partial charge in [-0.3, -0.25) is 9.59 Å². The van der Waals surface area contributed by atoms with Gasteiger partial charge in [-0.25, -0.2) is 0 Å². The Kier molecular flexibility index (Phi) is 5.36. The van der Waals surface area contributed by atoms with Crippen LogP contribution in [0.1, 0.15) is 23.1 Å². The molecule has 0 spiro atoms. The molecule has 160 valence electrons. The monoisotopic (exact) mass is 436 g/mol. The summed E-state index contributed by atoms with van der Waals surface area (Å²) in [5, 5.41) is 3.93. The molecule has 5 rings (SSSR count). The van der Waals surface area contributed by atoms with Gasteiger partial charge in [0.05, 0.1) is 25.7 Å². The summed E-state index contributed by atoms with van der Waals surface area (Å²) in [4.78, 5) is 27.7. The number of thioether (sulfide) groups is 1. The van der Waals surface area contributed by atoms with Crippen molar-refractivity contribution >= 4 is 40.2 Å². The zero-order valence-corrected chi connectivity index (χ0v) is 18.2. The summed E-state index contributed by atoms with van der Waals surface area (Å²) in [6, 6.07) is 11.0. The molecular formula is C24H24N2O4S. The highest BCUT2D eigenvalue weighted by Crippen LogP contribution is 2.31. The molecule has 1 atom stereocenters. The highest BCUT2D eigenvalue weighted by molar-refractivity contribution is 7.99. The Labute approximate surface area is 184 Å². The Morgan fingerprint density at radius 3 is 2.74 bits per heavy atom. The summed E-state index contributed by atoms with van der Waals surface area (Å²) >= 11 is 1.60. The number of anilines is 1. The van der Waals surface area contributed by atoms with Gasteiger partial charge < -0.3 is 19.4 Å². The van der Waals surface area contributed by atoms with E-state index >= 15 is 0 Å². The lowest BCUT2D eigenvalue weighted by molar-refractivity contribution is -0.135. The highest BCUT2D eigenvalue weighted by atomic mass is 32.2. The van der Waals surface area contributed by atoms with Gasteiger partial charge in [0.15, 0.2) is 0 Å². The molecule has 2 heterocycles. The molecule has 31 heavy (non-hydrogen) atoms. The van der Waals surface area contributed by atoms with Crippen molar-refractivity contribution in [3.05, 3.63) is 59.4 Å². The Balaban J connectivity index is 1.29. The first-order valence-corrected chi connectivity index (χ1v) is 11.6. The summed E-state index contributed by atoms with van der Waals surface area (Å²) in [5.41, 5.74) is 5.13. The number of amides is 2. The minimum absolute atomic E-state index is 0.0527. The molecule has 7 heteroatoms. The van der Waals surface area contributed by atoms with Crippen LogP contribution in [0.4, 0.5) is 5.69 Å². The summed E-state index contributed by atoms with van der Waals surface area (Å²) in [6.07, 6.45) is 5.27. The highest BCUT2D eigenvalue weighted by Gasteiger charge is 2.35. The summed E-state index contributed by atoms with van der Waals surface area (Å²) < 4.78 is 10.9. The quantitative estimate of drug-likeness (QED) is 0.654. The molecule has 1 aromatic heterocycles. The first-order valence-electron chi connectivity index (χ1n) is 10.5. The van der Waals surface area contributed by atoms with Crippen molar-refractivity contribution in [1.29, 1.82) is 0 Å². The average Bonchev–Trinajstić information content (AvgIpc) is 3.52. The van der Waals surface area contributed by atoms with Crippen molar-refractivity contribution < 1.29 is 18.7 Å². The molecule has 1 unspecified atom stereocenters. The number of carbonyl (C=O) groups is 2. The van der Waals surface area contributed by atoms with Gasteiger partial charge in [0, 0.05) is 22.4 Å². The Hall–Kier alpha value is -2.93. The molecular weight excluding hydrogens is 412 g/mol. The van der Waals surface area contributed by atoms with E-state index in [-0.39, 0.29) is 18.2 Å². The van der Waals surface area contributed by atoms with E-state index in [0.717, 1.165) is 35.1 Å². The zero-order valence-electron chi connectivity index (χ0n) is 17.3. The molecule has 2 aromatic carbocycles. The van der Waals surface area contributed by atoms with Crippen molar-refractivity contribution in [3.8, 4) is 5.75 Å².